The minimum atomic E-state index is -0.461. The van der Waals surface area contributed by atoms with Crippen molar-refractivity contribution in [2.24, 2.45) is 0 Å². The van der Waals surface area contributed by atoms with Gasteiger partial charge in [0.05, 0.1) is 16.4 Å². The Labute approximate surface area is 422 Å². The maximum atomic E-state index is 2.50. The molecule has 2 heteroatoms. The number of rotatable bonds is 5. The maximum Gasteiger partial charge on any atom is 0.0726 e. The molecule has 0 amide bonds. The average Bonchev–Trinajstić information content (AvgIpc) is 4.12. The first-order valence-corrected chi connectivity index (χ1v) is 25.4. The van der Waals surface area contributed by atoms with Crippen LogP contribution >= 0.6 is 0 Å². The van der Waals surface area contributed by atoms with Gasteiger partial charge in [-0.1, -0.05) is 194 Å². The molecule has 338 valence electrons. The van der Waals surface area contributed by atoms with Crippen molar-refractivity contribution in [1.82, 2.24) is 4.57 Å². The lowest BCUT2D eigenvalue weighted by Gasteiger charge is -2.32. The van der Waals surface area contributed by atoms with E-state index in [0.717, 1.165) is 22.7 Å². The van der Waals surface area contributed by atoms with Gasteiger partial charge in [-0.3, -0.25) is 0 Å². The highest BCUT2D eigenvalue weighted by molar-refractivity contribution is 6.26. The molecule has 0 N–H and O–H groups in total. The van der Waals surface area contributed by atoms with Gasteiger partial charge in [0.2, 0.25) is 0 Å². The third kappa shape index (κ3) is 5.63. The van der Waals surface area contributed by atoms with Crippen LogP contribution in [0.25, 0.3) is 104 Å². The van der Waals surface area contributed by atoms with Crippen LogP contribution in [-0.2, 0) is 5.41 Å². The molecule has 73 heavy (non-hydrogen) atoms. The summed E-state index contributed by atoms with van der Waals surface area (Å²) >= 11 is 0. The summed E-state index contributed by atoms with van der Waals surface area (Å²) in [5, 5.41) is 12.6. The number of para-hydroxylation sites is 1. The fourth-order valence-corrected chi connectivity index (χ4v) is 13.2. The van der Waals surface area contributed by atoms with E-state index in [0.29, 0.717) is 0 Å². The summed E-state index contributed by atoms with van der Waals surface area (Å²) in [5.41, 5.74) is 19.3. The van der Waals surface area contributed by atoms with E-state index >= 15 is 0 Å². The predicted molar refractivity (Wildman–Crippen MR) is 307 cm³/mol. The molecular formula is C71H44N2. The van der Waals surface area contributed by atoms with Gasteiger partial charge >= 0.3 is 0 Å². The molecule has 2 aliphatic rings. The van der Waals surface area contributed by atoms with E-state index in [4.69, 9.17) is 0 Å². The van der Waals surface area contributed by atoms with Gasteiger partial charge in [0.25, 0.3) is 0 Å². The Morgan fingerprint density at radius 1 is 0.260 bits per heavy atom. The minimum absolute atomic E-state index is 0.461. The Hall–Kier alpha value is -9.50. The molecule has 14 aromatic rings. The van der Waals surface area contributed by atoms with Crippen LogP contribution in [0.3, 0.4) is 0 Å². The highest BCUT2D eigenvalue weighted by atomic mass is 15.1. The van der Waals surface area contributed by atoms with Gasteiger partial charge in [-0.2, -0.15) is 0 Å². The smallest absolute Gasteiger partial charge is 0.0726 e. The van der Waals surface area contributed by atoms with Gasteiger partial charge in [-0.25, -0.2) is 0 Å². The van der Waals surface area contributed by atoms with Crippen LogP contribution in [0.2, 0.25) is 0 Å². The van der Waals surface area contributed by atoms with Crippen LogP contribution in [0.15, 0.2) is 267 Å². The third-order valence-corrected chi connectivity index (χ3v) is 16.3. The van der Waals surface area contributed by atoms with E-state index < -0.39 is 5.41 Å². The number of aromatic nitrogens is 1. The third-order valence-electron chi connectivity index (χ3n) is 16.3. The average molecular weight is 925 g/mol. The van der Waals surface area contributed by atoms with Crippen molar-refractivity contribution in [2.45, 2.75) is 5.41 Å². The second-order valence-corrected chi connectivity index (χ2v) is 19.9. The number of fused-ring (bicyclic) bond motifs is 20. The SMILES string of the molecule is c1ccc(-n2c3ccc(-c4ccc(N(c5ccc6c(c5)C5(c7ccccc7-c7ccccc75)c5ccccc5-6)c5ccc6c7ccccc7c7ccccc7c6c5)cc4)cc3c3cc4ccccc4cc32)cc1. The fourth-order valence-electron chi connectivity index (χ4n) is 13.2. The van der Waals surface area contributed by atoms with Crippen molar-refractivity contribution >= 4 is 82.0 Å². The molecule has 1 spiro atoms. The fraction of sp³-hybridized carbons (Fsp3) is 0.0141. The van der Waals surface area contributed by atoms with Crippen LogP contribution in [0, 0.1) is 0 Å². The van der Waals surface area contributed by atoms with Crippen molar-refractivity contribution in [3.63, 3.8) is 0 Å². The zero-order valence-electron chi connectivity index (χ0n) is 39.8. The Kier molecular flexibility index (Phi) is 8.41. The second kappa shape index (κ2) is 15.3. The van der Waals surface area contributed by atoms with E-state index in [1.54, 1.807) is 0 Å². The number of anilines is 3. The van der Waals surface area contributed by atoms with Crippen LogP contribution in [0.5, 0.6) is 0 Å². The summed E-state index contributed by atoms with van der Waals surface area (Å²) in [5.74, 6) is 0. The molecule has 0 atom stereocenters. The van der Waals surface area contributed by atoms with Gasteiger partial charge in [-0.05, 0) is 172 Å². The molecule has 0 saturated heterocycles. The molecule has 0 unspecified atom stereocenters. The molecule has 2 aliphatic carbocycles. The summed E-state index contributed by atoms with van der Waals surface area (Å²) in [4.78, 5) is 2.48. The Morgan fingerprint density at radius 3 is 1.37 bits per heavy atom. The van der Waals surface area contributed by atoms with Crippen molar-refractivity contribution < 1.29 is 0 Å². The van der Waals surface area contributed by atoms with Crippen LogP contribution < -0.4 is 4.90 Å². The quantitative estimate of drug-likeness (QED) is 0.156. The van der Waals surface area contributed by atoms with Gasteiger partial charge < -0.3 is 9.47 Å². The molecule has 0 saturated carbocycles. The predicted octanol–water partition coefficient (Wildman–Crippen LogP) is 18.9. The standard InChI is InChI=1S/C71H44N2/c1-2-18-49(19-3-1)73-69-39-32-48(41-63(69)64-40-46-16-4-5-17-47(46)42-70(64)73)45-30-33-50(34-31-45)72(51-35-37-57-55-22-7-6-20-53(55)54-21-8-9-23-56(54)62(57)43-51)52-36-38-61-60-26-12-15-29-67(60)71(68(61)44-52)65-27-13-10-24-58(65)59-25-11-14-28-66(59)71/h1-44H. The summed E-state index contributed by atoms with van der Waals surface area (Å²) in [6, 6.07) is 99.8. The van der Waals surface area contributed by atoms with Crippen molar-refractivity contribution in [3.05, 3.63) is 289 Å². The number of hydrogen-bond donors (Lipinski definition) is 0. The van der Waals surface area contributed by atoms with Crippen LogP contribution in [0.1, 0.15) is 22.3 Å². The van der Waals surface area contributed by atoms with Gasteiger partial charge in [0.1, 0.15) is 0 Å². The molecule has 0 bridgehead atoms. The minimum Gasteiger partial charge on any atom is -0.310 e. The topological polar surface area (TPSA) is 8.17 Å². The summed E-state index contributed by atoms with van der Waals surface area (Å²) in [6.07, 6.45) is 0. The van der Waals surface area contributed by atoms with Crippen molar-refractivity contribution in [3.8, 4) is 39.1 Å². The Morgan fingerprint density at radius 2 is 0.726 bits per heavy atom. The second-order valence-electron chi connectivity index (χ2n) is 19.9. The molecule has 1 heterocycles. The van der Waals surface area contributed by atoms with Crippen LogP contribution in [-0.4, -0.2) is 4.57 Å². The zero-order chi connectivity index (χ0) is 47.8. The number of benzene rings is 13. The normalized spacial score (nSPS) is 13.0. The molecule has 13 aromatic carbocycles. The lowest BCUT2D eigenvalue weighted by Crippen LogP contribution is -2.26. The summed E-state index contributed by atoms with van der Waals surface area (Å²) in [7, 11) is 0. The molecule has 16 rings (SSSR count). The van der Waals surface area contributed by atoms with Gasteiger partial charge in [0.15, 0.2) is 0 Å². The van der Waals surface area contributed by atoms with Crippen LogP contribution in [0.4, 0.5) is 17.1 Å². The molecule has 1 aromatic heterocycles. The number of hydrogen-bond acceptors (Lipinski definition) is 1. The lowest BCUT2D eigenvalue weighted by molar-refractivity contribution is 0.793. The first-order chi connectivity index (χ1) is 36.2. The summed E-state index contributed by atoms with van der Waals surface area (Å²) in [6.45, 7) is 0. The largest absolute Gasteiger partial charge is 0.310 e. The first kappa shape index (κ1) is 40.3. The Balaban J connectivity index is 0.904. The van der Waals surface area contributed by atoms with E-state index in [-0.39, 0.29) is 0 Å². The zero-order valence-corrected chi connectivity index (χ0v) is 39.8. The molecular weight excluding hydrogens is 881 g/mol. The van der Waals surface area contributed by atoms with E-state index in [2.05, 4.69) is 276 Å². The van der Waals surface area contributed by atoms with Crippen molar-refractivity contribution in [1.29, 1.82) is 0 Å². The maximum absolute atomic E-state index is 2.50. The molecule has 0 radical (unpaired) electrons. The van der Waals surface area contributed by atoms with Crippen molar-refractivity contribution in [2.75, 3.05) is 4.90 Å². The number of nitrogens with zero attached hydrogens (tertiary/aromatic N) is 2. The highest BCUT2D eigenvalue weighted by Gasteiger charge is 2.51. The lowest BCUT2D eigenvalue weighted by atomic mass is 9.70. The highest BCUT2D eigenvalue weighted by Crippen LogP contribution is 2.63. The van der Waals surface area contributed by atoms with E-state index in [1.807, 2.05) is 0 Å². The Bertz CT molecular complexity index is 4520. The molecule has 0 aliphatic heterocycles. The molecule has 0 fully saturated rings. The van der Waals surface area contributed by atoms with E-state index in [9.17, 15) is 0 Å². The van der Waals surface area contributed by atoms with Gasteiger partial charge in [-0.15, -0.1) is 0 Å². The van der Waals surface area contributed by atoms with Gasteiger partial charge in [0, 0.05) is 33.5 Å². The molecule has 2 nitrogen and oxygen atoms in total. The van der Waals surface area contributed by atoms with E-state index in [1.165, 1.54) is 121 Å². The monoisotopic (exact) mass is 924 g/mol. The summed E-state index contributed by atoms with van der Waals surface area (Å²) < 4.78 is 2.42. The first-order valence-electron chi connectivity index (χ1n) is 25.4.